The summed E-state index contributed by atoms with van der Waals surface area (Å²) in [6.07, 6.45) is 8.78. The fourth-order valence-corrected chi connectivity index (χ4v) is 2.65. The maximum absolute atomic E-state index is 12.0. The molecule has 4 heteroatoms. The summed E-state index contributed by atoms with van der Waals surface area (Å²) in [6, 6.07) is 2.41. The summed E-state index contributed by atoms with van der Waals surface area (Å²) in [5.74, 6) is 0.0868. The number of nitrogens with zero attached hydrogens (tertiary/aromatic N) is 2. The van der Waals surface area contributed by atoms with E-state index in [1.807, 2.05) is 26.1 Å². The third kappa shape index (κ3) is 3.66. The van der Waals surface area contributed by atoms with Crippen LogP contribution >= 0.6 is 0 Å². The minimum atomic E-state index is -0.0974. The Morgan fingerprint density at radius 2 is 2.11 bits per heavy atom. The van der Waals surface area contributed by atoms with Crippen molar-refractivity contribution in [2.24, 2.45) is 11.7 Å². The van der Waals surface area contributed by atoms with E-state index in [9.17, 15) is 4.79 Å². The van der Waals surface area contributed by atoms with Gasteiger partial charge in [0.1, 0.15) is 5.78 Å². The fourth-order valence-electron chi connectivity index (χ4n) is 2.65. The molecule has 0 radical (unpaired) electrons. The summed E-state index contributed by atoms with van der Waals surface area (Å²) in [4.78, 5) is 12.0. The number of Topliss-reactive ketones (excluding diaryl/α,β-unsaturated/α-hetero) is 1. The lowest BCUT2D eigenvalue weighted by molar-refractivity contribution is -0.122. The third-order valence-corrected chi connectivity index (χ3v) is 4.26. The van der Waals surface area contributed by atoms with Crippen LogP contribution in [0.25, 0.3) is 0 Å². The number of ketones is 1. The smallest absolute Gasteiger partial charge is 0.143 e. The van der Waals surface area contributed by atoms with Gasteiger partial charge in [-0.1, -0.05) is 26.2 Å². The average Bonchev–Trinajstić information content (AvgIpc) is 2.87. The Bertz CT molecular complexity index is 419. The molecule has 2 atom stereocenters. The predicted molar refractivity (Wildman–Crippen MR) is 75.9 cm³/mol. The highest BCUT2D eigenvalue weighted by atomic mass is 16.1. The summed E-state index contributed by atoms with van der Waals surface area (Å²) < 4.78 is 2.05. The van der Waals surface area contributed by atoms with E-state index < -0.39 is 0 Å². The Balaban J connectivity index is 1.95. The van der Waals surface area contributed by atoms with Crippen LogP contribution in [0.5, 0.6) is 0 Å². The van der Waals surface area contributed by atoms with Crippen molar-refractivity contribution in [2.75, 3.05) is 0 Å². The molecule has 1 aliphatic carbocycles. The summed E-state index contributed by atoms with van der Waals surface area (Å²) in [6.45, 7) is 3.77. The third-order valence-electron chi connectivity index (χ3n) is 4.26. The largest absolute Gasteiger partial charge is 0.327 e. The monoisotopic (exact) mass is 263 g/mol. The summed E-state index contributed by atoms with van der Waals surface area (Å²) in [7, 11) is 0. The Kier molecular flexibility index (Phi) is 4.75. The molecule has 2 N–H and O–H groups in total. The lowest BCUT2D eigenvalue weighted by Crippen LogP contribution is -2.31. The SMILES string of the molecule is CC(N)C(C)C(=O)Cc1ccn(C2CCCCC2)n1. The predicted octanol–water partition coefficient (Wildman–Crippen LogP) is 2.48. The van der Waals surface area contributed by atoms with Crippen LogP contribution in [0.3, 0.4) is 0 Å². The van der Waals surface area contributed by atoms with Gasteiger partial charge in [-0.05, 0) is 25.8 Å². The molecule has 2 rings (SSSR count). The summed E-state index contributed by atoms with van der Waals surface area (Å²) in [5, 5.41) is 4.57. The van der Waals surface area contributed by atoms with Crippen molar-refractivity contribution >= 4 is 5.78 Å². The number of aromatic nitrogens is 2. The number of carbonyl (C=O) groups excluding carboxylic acids is 1. The van der Waals surface area contributed by atoms with Gasteiger partial charge < -0.3 is 5.73 Å². The van der Waals surface area contributed by atoms with E-state index >= 15 is 0 Å². The second-order valence-electron chi connectivity index (χ2n) is 5.87. The van der Waals surface area contributed by atoms with Crippen LogP contribution in [-0.4, -0.2) is 21.6 Å². The standard InChI is InChI=1S/C15H25N3O/c1-11(12(2)16)15(19)10-13-8-9-18(17-13)14-6-4-3-5-7-14/h8-9,11-12,14H,3-7,10,16H2,1-2H3. The molecule has 106 valence electrons. The molecule has 1 fully saturated rings. The number of nitrogens with two attached hydrogens (primary N) is 1. The van der Waals surface area contributed by atoms with Gasteiger partial charge in [-0.15, -0.1) is 0 Å². The first kappa shape index (κ1) is 14.3. The van der Waals surface area contributed by atoms with E-state index in [1.165, 1.54) is 32.1 Å². The van der Waals surface area contributed by atoms with Gasteiger partial charge in [0.05, 0.1) is 18.2 Å². The topological polar surface area (TPSA) is 60.9 Å². The van der Waals surface area contributed by atoms with E-state index in [1.54, 1.807) is 0 Å². The van der Waals surface area contributed by atoms with Gasteiger partial charge in [0.25, 0.3) is 0 Å². The van der Waals surface area contributed by atoms with Crippen LogP contribution in [0, 0.1) is 5.92 Å². The van der Waals surface area contributed by atoms with Gasteiger partial charge >= 0.3 is 0 Å². The second-order valence-corrected chi connectivity index (χ2v) is 5.87. The Labute approximate surface area is 115 Å². The van der Waals surface area contributed by atoms with Gasteiger partial charge in [0.15, 0.2) is 0 Å². The molecule has 0 saturated heterocycles. The summed E-state index contributed by atoms with van der Waals surface area (Å²) >= 11 is 0. The molecule has 1 saturated carbocycles. The molecule has 0 aromatic carbocycles. The van der Waals surface area contributed by atoms with Crippen molar-refractivity contribution < 1.29 is 4.79 Å². The van der Waals surface area contributed by atoms with Crippen molar-refractivity contribution in [3.63, 3.8) is 0 Å². The first-order chi connectivity index (χ1) is 9.08. The Hall–Kier alpha value is -1.16. The van der Waals surface area contributed by atoms with E-state index in [0.717, 1.165) is 5.69 Å². The molecule has 1 aliphatic rings. The van der Waals surface area contributed by atoms with Gasteiger partial charge in [0.2, 0.25) is 0 Å². The summed E-state index contributed by atoms with van der Waals surface area (Å²) in [5.41, 5.74) is 6.64. The van der Waals surface area contributed by atoms with Crippen LogP contribution in [0.4, 0.5) is 0 Å². The maximum Gasteiger partial charge on any atom is 0.143 e. The Morgan fingerprint density at radius 1 is 1.42 bits per heavy atom. The van der Waals surface area contributed by atoms with Crippen molar-refractivity contribution in [1.82, 2.24) is 9.78 Å². The minimum absolute atomic E-state index is 0.0899. The zero-order valence-electron chi connectivity index (χ0n) is 12.0. The molecule has 0 spiro atoms. The molecule has 19 heavy (non-hydrogen) atoms. The molecule has 1 aromatic rings. The van der Waals surface area contributed by atoms with Crippen LogP contribution in [0.15, 0.2) is 12.3 Å². The molecule has 1 heterocycles. The molecule has 2 unspecified atom stereocenters. The zero-order valence-corrected chi connectivity index (χ0v) is 12.0. The molecular formula is C15H25N3O. The van der Waals surface area contributed by atoms with Gasteiger partial charge in [-0.25, -0.2) is 0 Å². The number of hydrogen-bond donors (Lipinski definition) is 1. The van der Waals surface area contributed by atoms with Gasteiger partial charge in [-0.3, -0.25) is 9.48 Å². The maximum atomic E-state index is 12.0. The van der Waals surface area contributed by atoms with E-state index in [0.29, 0.717) is 12.5 Å². The lowest BCUT2D eigenvalue weighted by atomic mass is 9.96. The molecule has 4 nitrogen and oxygen atoms in total. The van der Waals surface area contributed by atoms with Gasteiger partial charge in [0, 0.05) is 18.2 Å². The molecule has 0 aliphatic heterocycles. The highest BCUT2D eigenvalue weighted by Gasteiger charge is 2.20. The molecule has 0 bridgehead atoms. The molecular weight excluding hydrogens is 238 g/mol. The van der Waals surface area contributed by atoms with Crippen molar-refractivity contribution in [3.05, 3.63) is 18.0 Å². The first-order valence-electron chi connectivity index (χ1n) is 7.40. The second kappa shape index (κ2) is 6.33. The van der Waals surface area contributed by atoms with Crippen LogP contribution in [0.1, 0.15) is 57.7 Å². The molecule has 0 amide bonds. The van der Waals surface area contributed by atoms with Crippen molar-refractivity contribution in [3.8, 4) is 0 Å². The average molecular weight is 263 g/mol. The quantitative estimate of drug-likeness (QED) is 0.887. The van der Waals surface area contributed by atoms with Crippen LogP contribution in [0.2, 0.25) is 0 Å². The van der Waals surface area contributed by atoms with Crippen LogP contribution < -0.4 is 5.73 Å². The number of carbonyl (C=O) groups is 1. The highest BCUT2D eigenvalue weighted by molar-refractivity contribution is 5.83. The number of hydrogen-bond acceptors (Lipinski definition) is 3. The van der Waals surface area contributed by atoms with Gasteiger partial charge in [-0.2, -0.15) is 5.10 Å². The normalized spacial score (nSPS) is 20.2. The fraction of sp³-hybridized carbons (Fsp3) is 0.733. The lowest BCUT2D eigenvalue weighted by Gasteiger charge is -2.21. The molecule has 1 aromatic heterocycles. The highest BCUT2D eigenvalue weighted by Crippen LogP contribution is 2.27. The minimum Gasteiger partial charge on any atom is -0.327 e. The first-order valence-corrected chi connectivity index (χ1v) is 7.40. The zero-order chi connectivity index (χ0) is 13.8. The number of rotatable bonds is 5. The Morgan fingerprint density at radius 3 is 2.74 bits per heavy atom. The van der Waals surface area contributed by atoms with E-state index in [-0.39, 0.29) is 17.7 Å². The van der Waals surface area contributed by atoms with Crippen molar-refractivity contribution in [2.45, 2.75) is 64.5 Å². The van der Waals surface area contributed by atoms with E-state index in [4.69, 9.17) is 5.73 Å². The van der Waals surface area contributed by atoms with E-state index in [2.05, 4.69) is 9.78 Å². The van der Waals surface area contributed by atoms with Crippen LogP contribution in [-0.2, 0) is 11.2 Å². The van der Waals surface area contributed by atoms with Crippen molar-refractivity contribution in [1.29, 1.82) is 0 Å².